The number of hydrogen-bond donors (Lipinski definition) is 2. The molecule has 1 aromatic rings. The van der Waals surface area contributed by atoms with E-state index in [1.165, 1.54) is 5.56 Å². The molecular formula is C11H16N2O. The van der Waals surface area contributed by atoms with Crippen LogP contribution in [0.5, 0.6) is 0 Å². The van der Waals surface area contributed by atoms with Crippen molar-refractivity contribution in [2.75, 3.05) is 11.9 Å². The second kappa shape index (κ2) is 5.27. The van der Waals surface area contributed by atoms with Gasteiger partial charge in [-0.2, -0.15) is 0 Å². The summed E-state index contributed by atoms with van der Waals surface area (Å²) in [5.74, 6) is -0.272. The molecule has 3 heteroatoms. The molecule has 0 bridgehead atoms. The second-order valence-corrected chi connectivity index (χ2v) is 3.15. The Morgan fingerprint density at radius 1 is 1.43 bits per heavy atom. The first-order chi connectivity index (χ1) is 6.74. The molecule has 0 heterocycles. The highest BCUT2D eigenvalue weighted by molar-refractivity contribution is 5.74. The zero-order chi connectivity index (χ0) is 10.4. The van der Waals surface area contributed by atoms with Gasteiger partial charge < -0.3 is 11.1 Å². The van der Waals surface area contributed by atoms with Crippen LogP contribution in [0.2, 0.25) is 0 Å². The van der Waals surface area contributed by atoms with Gasteiger partial charge in [-0.25, -0.2) is 0 Å². The van der Waals surface area contributed by atoms with Crippen LogP contribution in [0, 0.1) is 0 Å². The molecule has 0 unspecified atom stereocenters. The second-order valence-electron chi connectivity index (χ2n) is 3.15. The molecule has 0 spiro atoms. The predicted molar refractivity (Wildman–Crippen MR) is 58.1 cm³/mol. The van der Waals surface area contributed by atoms with Crippen LogP contribution in [-0.4, -0.2) is 12.5 Å². The Morgan fingerprint density at radius 2 is 2.14 bits per heavy atom. The van der Waals surface area contributed by atoms with E-state index in [1.54, 1.807) is 0 Å². The number of para-hydroxylation sites is 1. The van der Waals surface area contributed by atoms with E-state index in [-0.39, 0.29) is 5.91 Å². The summed E-state index contributed by atoms with van der Waals surface area (Å²) < 4.78 is 0. The summed E-state index contributed by atoms with van der Waals surface area (Å²) in [6.07, 6.45) is 1.36. The fourth-order valence-corrected chi connectivity index (χ4v) is 1.32. The van der Waals surface area contributed by atoms with Gasteiger partial charge in [-0.05, 0) is 18.1 Å². The largest absolute Gasteiger partial charge is 0.384 e. The summed E-state index contributed by atoms with van der Waals surface area (Å²) in [5, 5.41) is 3.19. The molecule has 0 atom stereocenters. The fourth-order valence-electron chi connectivity index (χ4n) is 1.32. The van der Waals surface area contributed by atoms with E-state index in [0.29, 0.717) is 13.0 Å². The summed E-state index contributed by atoms with van der Waals surface area (Å²) in [6.45, 7) is 2.71. The number of benzene rings is 1. The van der Waals surface area contributed by atoms with Crippen molar-refractivity contribution in [3.8, 4) is 0 Å². The molecule has 1 rings (SSSR count). The third-order valence-corrected chi connectivity index (χ3v) is 2.09. The molecule has 1 aromatic carbocycles. The van der Waals surface area contributed by atoms with Crippen LogP contribution in [0.15, 0.2) is 24.3 Å². The molecule has 0 aliphatic rings. The average Bonchev–Trinajstić information content (AvgIpc) is 2.18. The van der Waals surface area contributed by atoms with Crippen LogP contribution >= 0.6 is 0 Å². The highest BCUT2D eigenvalue weighted by Gasteiger charge is 1.99. The maximum absolute atomic E-state index is 10.5. The van der Waals surface area contributed by atoms with Crippen LogP contribution < -0.4 is 11.1 Å². The number of nitrogens with two attached hydrogens (primary N) is 1. The van der Waals surface area contributed by atoms with Gasteiger partial charge in [-0.1, -0.05) is 25.1 Å². The maximum atomic E-state index is 10.5. The number of primary amides is 1. The number of nitrogens with one attached hydrogen (secondary N) is 1. The minimum Gasteiger partial charge on any atom is -0.384 e. The highest BCUT2D eigenvalue weighted by atomic mass is 16.1. The van der Waals surface area contributed by atoms with Crippen molar-refractivity contribution in [2.24, 2.45) is 5.73 Å². The number of carbonyl (C=O) groups is 1. The molecular weight excluding hydrogens is 176 g/mol. The Bertz CT molecular complexity index is 310. The zero-order valence-electron chi connectivity index (χ0n) is 8.42. The van der Waals surface area contributed by atoms with E-state index in [4.69, 9.17) is 5.73 Å². The molecule has 0 saturated heterocycles. The topological polar surface area (TPSA) is 55.1 Å². The van der Waals surface area contributed by atoms with Gasteiger partial charge in [0.05, 0.1) is 0 Å². The van der Waals surface area contributed by atoms with E-state index in [2.05, 4.69) is 18.3 Å². The van der Waals surface area contributed by atoms with Gasteiger partial charge in [0.25, 0.3) is 0 Å². The van der Waals surface area contributed by atoms with Gasteiger partial charge in [0.1, 0.15) is 0 Å². The molecule has 3 nitrogen and oxygen atoms in total. The smallest absolute Gasteiger partial charge is 0.219 e. The van der Waals surface area contributed by atoms with Crippen molar-refractivity contribution in [1.82, 2.24) is 0 Å². The van der Waals surface area contributed by atoms with Gasteiger partial charge >= 0.3 is 0 Å². The highest BCUT2D eigenvalue weighted by Crippen LogP contribution is 2.14. The number of aryl methyl sites for hydroxylation is 1. The first kappa shape index (κ1) is 10.6. The molecule has 1 amide bonds. The molecule has 76 valence electrons. The first-order valence-corrected chi connectivity index (χ1v) is 4.84. The standard InChI is InChI=1S/C11H16N2O/c1-2-9-5-3-4-6-10(9)13-8-7-11(12)14/h3-6,13H,2,7-8H2,1H3,(H2,12,14). The Hall–Kier alpha value is -1.51. The van der Waals surface area contributed by atoms with E-state index in [9.17, 15) is 4.79 Å². The van der Waals surface area contributed by atoms with Crippen LogP contribution in [-0.2, 0) is 11.2 Å². The molecule has 0 aliphatic carbocycles. The van der Waals surface area contributed by atoms with Crippen molar-refractivity contribution < 1.29 is 4.79 Å². The van der Waals surface area contributed by atoms with Crippen LogP contribution in [0.1, 0.15) is 18.9 Å². The number of hydrogen-bond acceptors (Lipinski definition) is 2. The van der Waals surface area contributed by atoms with E-state index < -0.39 is 0 Å². The normalized spacial score (nSPS) is 9.79. The van der Waals surface area contributed by atoms with E-state index in [0.717, 1.165) is 12.1 Å². The maximum Gasteiger partial charge on any atom is 0.219 e. The van der Waals surface area contributed by atoms with Gasteiger partial charge in [-0.15, -0.1) is 0 Å². The number of rotatable bonds is 5. The number of anilines is 1. The summed E-state index contributed by atoms with van der Waals surface area (Å²) in [4.78, 5) is 10.5. The predicted octanol–water partition coefficient (Wildman–Crippen LogP) is 1.54. The van der Waals surface area contributed by atoms with E-state index in [1.807, 2.05) is 18.2 Å². The van der Waals surface area contributed by atoms with Crippen LogP contribution in [0.3, 0.4) is 0 Å². The lowest BCUT2D eigenvalue weighted by molar-refractivity contribution is -0.117. The molecule has 3 N–H and O–H groups in total. The van der Waals surface area contributed by atoms with Crippen molar-refractivity contribution >= 4 is 11.6 Å². The molecule has 0 fully saturated rings. The zero-order valence-corrected chi connectivity index (χ0v) is 8.42. The van der Waals surface area contributed by atoms with Crippen molar-refractivity contribution in [1.29, 1.82) is 0 Å². The third-order valence-electron chi connectivity index (χ3n) is 2.09. The third kappa shape index (κ3) is 3.09. The van der Waals surface area contributed by atoms with Gasteiger partial charge in [0.2, 0.25) is 5.91 Å². The summed E-state index contributed by atoms with van der Waals surface area (Å²) in [7, 11) is 0. The lowest BCUT2D eigenvalue weighted by Crippen LogP contribution is -2.16. The van der Waals surface area contributed by atoms with Crippen molar-refractivity contribution in [2.45, 2.75) is 19.8 Å². The molecule has 0 aliphatic heterocycles. The monoisotopic (exact) mass is 192 g/mol. The number of amides is 1. The summed E-state index contributed by atoms with van der Waals surface area (Å²) in [6, 6.07) is 8.08. The Kier molecular flexibility index (Phi) is 3.98. The Labute approximate surface area is 84.3 Å². The fraction of sp³-hybridized carbons (Fsp3) is 0.364. The SMILES string of the molecule is CCc1ccccc1NCCC(N)=O. The Morgan fingerprint density at radius 3 is 2.79 bits per heavy atom. The minimum absolute atomic E-state index is 0.272. The van der Waals surface area contributed by atoms with Gasteiger partial charge in [0, 0.05) is 18.7 Å². The lowest BCUT2D eigenvalue weighted by Gasteiger charge is -2.09. The number of carbonyl (C=O) groups excluding carboxylic acids is 1. The first-order valence-electron chi connectivity index (χ1n) is 4.84. The summed E-state index contributed by atoms with van der Waals surface area (Å²) >= 11 is 0. The molecule has 14 heavy (non-hydrogen) atoms. The van der Waals surface area contributed by atoms with E-state index >= 15 is 0 Å². The van der Waals surface area contributed by atoms with Crippen LogP contribution in [0.4, 0.5) is 5.69 Å². The van der Waals surface area contributed by atoms with Crippen LogP contribution in [0.25, 0.3) is 0 Å². The Balaban J connectivity index is 2.53. The molecule has 0 radical (unpaired) electrons. The van der Waals surface area contributed by atoms with Gasteiger partial charge in [-0.3, -0.25) is 4.79 Å². The lowest BCUT2D eigenvalue weighted by atomic mass is 10.1. The van der Waals surface area contributed by atoms with Gasteiger partial charge in [0.15, 0.2) is 0 Å². The summed E-state index contributed by atoms with van der Waals surface area (Å²) in [5.41, 5.74) is 7.40. The minimum atomic E-state index is -0.272. The molecule has 0 aromatic heterocycles. The average molecular weight is 192 g/mol. The molecule has 0 saturated carbocycles. The van der Waals surface area contributed by atoms with Crippen molar-refractivity contribution in [3.63, 3.8) is 0 Å². The van der Waals surface area contributed by atoms with Crippen molar-refractivity contribution in [3.05, 3.63) is 29.8 Å². The quantitative estimate of drug-likeness (QED) is 0.743.